The first kappa shape index (κ1) is 15.3. The molecule has 21 heavy (non-hydrogen) atoms. The number of aromatic nitrogens is 1. The molecule has 0 aromatic carbocycles. The van der Waals surface area contributed by atoms with Gasteiger partial charge in [0.15, 0.2) is 0 Å². The number of hydrogen-bond donors (Lipinski definition) is 1. The number of hydrogen-bond acceptors (Lipinski definition) is 4. The Labute approximate surface area is 123 Å². The molecular weight excluding hydrogens is 272 g/mol. The lowest BCUT2D eigenvalue weighted by atomic mass is 10.0. The molecule has 6 nitrogen and oxygen atoms in total. The molecule has 1 aromatic rings. The molecule has 1 fully saturated rings. The molecular formula is C15H20N2O4. The van der Waals surface area contributed by atoms with Crippen LogP contribution in [0.4, 0.5) is 0 Å². The predicted molar refractivity (Wildman–Crippen MR) is 76.3 cm³/mol. The first-order valence-corrected chi connectivity index (χ1v) is 7.16. The van der Waals surface area contributed by atoms with E-state index >= 15 is 0 Å². The van der Waals surface area contributed by atoms with Gasteiger partial charge in [0.1, 0.15) is 11.7 Å². The molecule has 0 aliphatic carbocycles. The Balaban J connectivity index is 2.20. The number of carboxylic acids is 1. The maximum absolute atomic E-state index is 12.5. The second-order valence-electron chi connectivity index (χ2n) is 5.38. The van der Waals surface area contributed by atoms with Crippen LogP contribution in [0, 0.1) is 0 Å². The van der Waals surface area contributed by atoms with Gasteiger partial charge >= 0.3 is 5.97 Å². The SMILES string of the molecule is CC(C)Oc1cccc(C(=O)N2CCCCC2C(=O)O)n1. The van der Waals surface area contributed by atoms with E-state index in [9.17, 15) is 14.7 Å². The lowest BCUT2D eigenvalue weighted by molar-refractivity contribution is -0.143. The van der Waals surface area contributed by atoms with Gasteiger partial charge in [-0.05, 0) is 39.2 Å². The summed E-state index contributed by atoms with van der Waals surface area (Å²) in [6.07, 6.45) is 2.09. The van der Waals surface area contributed by atoms with Crippen molar-refractivity contribution in [1.29, 1.82) is 0 Å². The number of piperidine rings is 1. The minimum Gasteiger partial charge on any atom is -0.480 e. The summed E-state index contributed by atoms with van der Waals surface area (Å²) in [5.74, 6) is -0.936. The molecule has 1 aromatic heterocycles. The molecule has 2 heterocycles. The highest BCUT2D eigenvalue weighted by molar-refractivity contribution is 5.95. The van der Waals surface area contributed by atoms with Crippen LogP contribution < -0.4 is 4.74 Å². The van der Waals surface area contributed by atoms with E-state index in [2.05, 4.69) is 4.98 Å². The number of carbonyl (C=O) groups is 2. The average Bonchev–Trinajstić information content (AvgIpc) is 2.46. The topological polar surface area (TPSA) is 79.7 Å². The molecule has 114 valence electrons. The van der Waals surface area contributed by atoms with E-state index in [0.29, 0.717) is 18.8 Å². The Hall–Kier alpha value is -2.11. The summed E-state index contributed by atoms with van der Waals surface area (Å²) in [5, 5.41) is 9.24. The number of aliphatic carboxylic acids is 1. The lowest BCUT2D eigenvalue weighted by Crippen LogP contribution is -2.48. The summed E-state index contributed by atoms with van der Waals surface area (Å²) in [6.45, 7) is 4.20. The smallest absolute Gasteiger partial charge is 0.326 e. The van der Waals surface area contributed by atoms with Gasteiger partial charge in [-0.25, -0.2) is 9.78 Å². The second kappa shape index (κ2) is 6.56. The third-order valence-electron chi connectivity index (χ3n) is 3.35. The van der Waals surface area contributed by atoms with Crippen LogP contribution >= 0.6 is 0 Å². The molecule has 0 spiro atoms. The van der Waals surface area contributed by atoms with Crippen molar-refractivity contribution in [3.63, 3.8) is 0 Å². The summed E-state index contributed by atoms with van der Waals surface area (Å²) in [6, 6.07) is 4.20. The van der Waals surface area contributed by atoms with Crippen LogP contribution in [0.5, 0.6) is 5.88 Å². The first-order valence-electron chi connectivity index (χ1n) is 7.16. The van der Waals surface area contributed by atoms with Crippen molar-refractivity contribution >= 4 is 11.9 Å². The Morgan fingerprint density at radius 3 is 2.81 bits per heavy atom. The van der Waals surface area contributed by atoms with Crippen molar-refractivity contribution in [2.24, 2.45) is 0 Å². The number of rotatable bonds is 4. The summed E-state index contributed by atoms with van der Waals surface area (Å²) < 4.78 is 5.47. The highest BCUT2D eigenvalue weighted by Gasteiger charge is 2.33. The fourth-order valence-corrected chi connectivity index (χ4v) is 2.42. The van der Waals surface area contributed by atoms with Crippen LogP contribution in [0.3, 0.4) is 0 Å². The fourth-order valence-electron chi connectivity index (χ4n) is 2.42. The van der Waals surface area contributed by atoms with Crippen LogP contribution in [0.2, 0.25) is 0 Å². The maximum atomic E-state index is 12.5. The standard InChI is InChI=1S/C15H20N2O4/c1-10(2)21-13-8-5-6-11(16-13)14(18)17-9-4-3-7-12(17)15(19)20/h5-6,8,10,12H,3-4,7,9H2,1-2H3,(H,19,20). The second-order valence-corrected chi connectivity index (χ2v) is 5.38. The van der Waals surface area contributed by atoms with Gasteiger partial charge in [0.05, 0.1) is 6.10 Å². The minimum atomic E-state index is -0.961. The van der Waals surface area contributed by atoms with Crippen molar-refractivity contribution in [3.05, 3.63) is 23.9 Å². The molecule has 2 rings (SSSR count). The summed E-state index contributed by atoms with van der Waals surface area (Å²) in [7, 11) is 0. The van der Waals surface area contributed by atoms with Crippen LogP contribution in [-0.4, -0.2) is 45.6 Å². The van der Waals surface area contributed by atoms with E-state index in [1.807, 2.05) is 13.8 Å². The molecule has 1 amide bonds. The van der Waals surface area contributed by atoms with Crippen molar-refractivity contribution in [2.45, 2.75) is 45.3 Å². The number of ether oxygens (including phenoxy) is 1. The van der Waals surface area contributed by atoms with Gasteiger partial charge in [-0.1, -0.05) is 6.07 Å². The van der Waals surface area contributed by atoms with E-state index in [1.54, 1.807) is 18.2 Å². The van der Waals surface area contributed by atoms with E-state index in [0.717, 1.165) is 12.8 Å². The monoisotopic (exact) mass is 292 g/mol. The zero-order valence-corrected chi connectivity index (χ0v) is 12.3. The van der Waals surface area contributed by atoms with E-state index < -0.39 is 12.0 Å². The molecule has 1 N–H and O–H groups in total. The summed E-state index contributed by atoms with van der Waals surface area (Å²) >= 11 is 0. The molecule has 1 atom stereocenters. The fraction of sp³-hybridized carbons (Fsp3) is 0.533. The van der Waals surface area contributed by atoms with Crippen LogP contribution in [-0.2, 0) is 4.79 Å². The highest BCUT2D eigenvalue weighted by Crippen LogP contribution is 2.20. The van der Waals surface area contributed by atoms with Gasteiger partial charge in [0, 0.05) is 12.6 Å². The normalized spacial score (nSPS) is 18.6. The largest absolute Gasteiger partial charge is 0.480 e. The van der Waals surface area contributed by atoms with Gasteiger partial charge in [0.2, 0.25) is 5.88 Å². The van der Waals surface area contributed by atoms with Gasteiger partial charge in [-0.15, -0.1) is 0 Å². The summed E-state index contributed by atoms with van der Waals surface area (Å²) in [4.78, 5) is 29.3. The van der Waals surface area contributed by atoms with Crippen LogP contribution in [0.1, 0.15) is 43.6 Å². The predicted octanol–water partition coefficient (Wildman–Crippen LogP) is 1.95. The van der Waals surface area contributed by atoms with E-state index in [1.165, 1.54) is 4.90 Å². The molecule has 0 saturated carbocycles. The van der Waals surface area contributed by atoms with Crippen molar-refractivity contribution in [3.8, 4) is 5.88 Å². The molecule has 1 aliphatic rings. The quantitative estimate of drug-likeness (QED) is 0.917. The number of pyridine rings is 1. The Morgan fingerprint density at radius 2 is 2.14 bits per heavy atom. The highest BCUT2D eigenvalue weighted by atomic mass is 16.5. The van der Waals surface area contributed by atoms with Gasteiger partial charge in [-0.3, -0.25) is 4.79 Å². The molecule has 0 radical (unpaired) electrons. The minimum absolute atomic E-state index is 0.0374. The zero-order valence-electron chi connectivity index (χ0n) is 12.3. The van der Waals surface area contributed by atoms with E-state index in [4.69, 9.17) is 4.74 Å². The Kier molecular flexibility index (Phi) is 4.77. The van der Waals surface area contributed by atoms with Crippen LogP contribution in [0.15, 0.2) is 18.2 Å². The van der Waals surface area contributed by atoms with Gasteiger partial charge in [0.25, 0.3) is 5.91 Å². The first-order chi connectivity index (χ1) is 9.99. The molecule has 0 bridgehead atoms. The Bertz CT molecular complexity index is 530. The third-order valence-corrected chi connectivity index (χ3v) is 3.35. The molecule has 6 heteroatoms. The average molecular weight is 292 g/mol. The number of carbonyl (C=O) groups excluding carboxylic acids is 1. The van der Waals surface area contributed by atoms with Gasteiger partial charge in [-0.2, -0.15) is 0 Å². The molecule has 1 saturated heterocycles. The number of nitrogens with zero attached hydrogens (tertiary/aromatic N) is 2. The third kappa shape index (κ3) is 3.71. The lowest BCUT2D eigenvalue weighted by Gasteiger charge is -2.32. The summed E-state index contributed by atoms with van der Waals surface area (Å²) in [5.41, 5.74) is 0.223. The van der Waals surface area contributed by atoms with E-state index in [-0.39, 0.29) is 17.7 Å². The maximum Gasteiger partial charge on any atom is 0.326 e. The number of amides is 1. The van der Waals surface area contributed by atoms with Crippen molar-refractivity contribution < 1.29 is 19.4 Å². The van der Waals surface area contributed by atoms with Gasteiger partial charge < -0.3 is 14.7 Å². The van der Waals surface area contributed by atoms with Crippen molar-refractivity contribution in [1.82, 2.24) is 9.88 Å². The Morgan fingerprint density at radius 1 is 1.38 bits per heavy atom. The number of carboxylic acid groups (broad SMARTS) is 1. The van der Waals surface area contributed by atoms with Crippen LogP contribution in [0.25, 0.3) is 0 Å². The molecule has 1 unspecified atom stereocenters. The number of likely N-dealkylation sites (tertiary alicyclic amines) is 1. The zero-order chi connectivity index (χ0) is 15.4. The molecule has 1 aliphatic heterocycles. The van der Waals surface area contributed by atoms with Crippen molar-refractivity contribution in [2.75, 3.05) is 6.54 Å².